The number of hydrogen-bond donors (Lipinski definition) is 1. The first-order chi connectivity index (χ1) is 10.2. The Hall–Kier alpha value is -1.54. The molecule has 1 N–H and O–H groups in total. The average molecular weight is 340 g/mol. The Morgan fingerprint density at radius 3 is 2.81 bits per heavy atom. The fraction of sp³-hybridized carbons (Fsp3) is 0.263. The van der Waals surface area contributed by atoms with Gasteiger partial charge in [0.1, 0.15) is 0 Å². The number of aryl methyl sites for hydroxylation is 1. The molecule has 106 valence electrons. The van der Waals surface area contributed by atoms with Gasteiger partial charge in [-0.25, -0.2) is 0 Å². The summed E-state index contributed by atoms with van der Waals surface area (Å²) in [5, 5.41) is 3.78. The summed E-state index contributed by atoms with van der Waals surface area (Å²) in [5.41, 5.74) is 5.45. The highest BCUT2D eigenvalue weighted by molar-refractivity contribution is 9.10. The molecule has 0 radical (unpaired) electrons. The number of fused-ring (bicyclic) bond motifs is 3. The van der Waals surface area contributed by atoms with Crippen LogP contribution in [0.3, 0.4) is 0 Å². The molecule has 0 unspecified atom stereocenters. The first-order valence-electron chi connectivity index (χ1n) is 7.52. The number of hydrogen-bond acceptors (Lipinski definition) is 1. The molecule has 3 atom stereocenters. The molecule has 2 aromatic carbocycles. The van der Waals surface area contributed by atoms with Gasteiger partial charge >= 0.3 is 0 Å². The second-order valence-electron chi connectivity index (χ2n) is 6.09. The third-order valence-electron chi connectivity index (χ3n) is 4.76. The van der Waals surface area contributed by atoms with Crippen molar-refractivity contribution >= 4 is 21.6 Å². The van der Waals surface area contributed by atoms with Gasteiger partial charge in [0.15, 0.2) is 0 Å². The molecule has 1 aliphatic carbocycles. The Bertz CT molecular complexity index is 719. The van der Waals surface area contributed by atoms with Crippen molar-refractivity contribution in [2.45, 2.75) is 25.3 Å². The second kappa shape index (κ2) is 5.03. The van der Waals surface area contributed by atoms with Gasteiger partial charge in [-0.3, -0.25) is 0 Å². The maximum atomic E-state index is 3.78. The van der Waals surface area contributed by atoms with Gasteiger partial charge in [0.05, 0.1) is 6.04 Å². The molecule has 0 bridgehead atoms. The van der Waals surface area contributed by atoms with E-state index in [0.717, 1.165) is 6.42 Å². The van der Waals surface area contributed by atoms with Crippen molar-refractivity contribution in [3.63, 3.8) is 0 Å². The lowest BCUT2D eigenvalue weighted by Crippen LogP contribution is -2.29. The maximum Gasteiger partial charge on any atom is 0.0565 e. The lowest BCUT2D eigenvalue weighted by atomic mass is 9.77. The number of benzene rings is 2. The first-order valence-corrected chi connectivity index (χ1v) is 8.31. The molecule has 21 heavy (non-hydrogen) atoms. The summed E-state index contributed by atoms with van der Waals surface area (Å²) in [4.78, 5) is 0. The summed E-state index contributed by atoms with van der Waals surface area (Å²) in [6, 6.07) is 15.7. The summed E-state index contributed by atoms with van der Waals surface area (Å²) >= 11 is 3.72. The Balaban J connectivity index is 1.82. The maximum absolute atomic E-state index is 3.78. The average Bonchev–Trinajstić information content (AvgIpc) is 2.97. The number of anilines is 1. The highest BCUT2D eigenvalue weighted by Crippen LogP contribution is 2.50. The molecule has 2 aromatic rings. The third kappa shape index (κ3) is 2.13. The topological polar surface area (TPSA) is 12.0 Å². The molecule has 0 aromatic heterocycles. The fourth-order valence-electron chi connectivity index (χ4n) is 3.75. The minimum Gasteiger partial charge on any atom is -0.378 e. The van der Waals surface area contributed by atoms with Crippen LogP contribution in [0.2, 0.25) is 0 Å². The zero-order valence-corrected chi connectivity index (χ0v) is 13.6. The van der Waals surface area contributed by atoms with E-state index in [1.54, 1.807) is 0 Å². The number of rotatable bonds is 1. The highest BCUT2D eigenvalue weighted by Gasteiger charge is 2.38. The molecule has 2 aliphatic rings. The van der Waals surface area contributed by atoms with Crippen LogP contribution >= 0.6 is 15.9 Å². The van der Waals surface area contributed by atoms with Crippen molar-refractivity contribution in [2.24, 2.45) is 5.92 Å². The Morgan fingerprint density at radius 2 is 1.95 bits per heavy atom. The predicted octanol–water partition coefficient (Wildman–Crippen LogP) is 5.58. The van der Waals surface area contributed by atoms with E-state index in [1.165, 1.54) is 26.9 Å². The van der Waals surface area contributed by atoms with Crippen LogP contribution in [0.15, 0.2) is 59.1 Å². The first kappa shape index (κ1) is 13.1. The van der Waals surface area contributed by atoms with Crippen molar-refractivity contribution in [2.75, 3.05) is 5.32 Å². The largest absolute Gasteiger partial charge is 0.378 e. The van der Waals surface area contributed by atoms with Crippen LogP contribution in [0.4, 0.5) is 5.69 Å². The van der Waals surface area contributed by atoms with Crippen LogP contribution in [0.1, 0.15) is 35.1 Å². The molecule has 0 fully saturated rings. The van der Waals surface area contributed by atoms with Gasteiger partial charge in [-0.1, -0.05) is 64.0 Å². The van der Waals surface area contributed by atoms with Crippen LogP contribution in [-0.4, -0.2) is 0 Å². The van der Waals surface area contributed by atoms with Gasteiger partial charge in [-0.05, 0) is 42.5 Å². The van der Waals surface area contributed by atoms with Crippen molar-refractivity contribution in [3.05, 3.63) is 75.8 Å². The molecule has 0 saturated carbocycles. The van der Waals surface area contributed by atoms with Gasteiger partial charge < -0.3 is 5.32 Å². The van der Waals surface area contributed by atoms with Gasteiger partial charge in [0.25, 0.3) is 0 Å². The van der Waals surface area contributed by atoms with Crippen molar-refractivity contribution in [1.82, 2.24) is 0 Å². The minimum atomic E-state index is 0.371. The molecular formula is C19H18BrN. The van der Waals surface area contributed by atoms with E-state index >= 15 is 0 Å². The molecule has 1 aliphatic heterocycles. The van der Waals surface area contributed by atoms with E-state index in [-0.39, 0.29) is 0 Å². The predicted molar refractivity (Wildman–Crippen MR) is 91.7 cm³/mol. The van der Waals surface area contributed by atoms with Gasteiger partial charge in [-0.2, -0.15) is 0 Å². The molecule has 1 nitrogen and oxygen atoms in total. The summed E-state index contributed by atoms with van der Waals surface area (Å²) in [7, 11) is 0. The molecule has 2 heteroatoms. The lowest BCUT2D eigenvalue weighted by molar-refractivity contribution is 0.424. The fourth-order valence-corrected chi connectivity index (χ4v) is 4.28. The normalized spacial score (nSPS) is 26.1. The monoisotopic (exact) mass is 339 g/mol. The van der Waals surface area contributed by atoms with Crippen LogP contribution in [-0.2, 0) is 0 Å². The van der Waals surface area contributed by atoms with Gasteiger partial charge in [-0.15, -0.1) is 0 Å². The van der Waals surface area contributed by atoms with E-state index in [2.05, 4.69) is 82.8 Å². The lowest BCUT2D eigenvalue weighted by Gasteiger charge is -2.38. The summed E-state index contributed by atoms with van der Waals surface area (Å²) < 4.78 is 1.20. The summed E-state index contributed by atoms with van der Waals surface area (Å²) in [6.07, 6.45) is 5.89. The smallest absolute Gasteiger partial charge is 0.0565 e. The van der Waals surface area contributed by atoms with Crippen molar-refractivity contribution in [3.8, 4) is 0 Å². The number of allylic oxidation sites excluding steroid dienone is 2. The van der Waals surface area contributed by atoms with E-state index in [4.69, 9.17) is 0 Å². The van der Waals surface area contributed by atoms with Crippen LogP contribution in [0.5, 0.6) is 0 Å². The number of halogens is 1. The zero-order chi connectivity index (χ0) is 14.4. The Kier molecular flexibility index (Phi) is 3.15. The van der Waals surface area contributed by atoms with Crippen molar-refractivity contribution < 1.29 is 0 Å². The number of nitrogens with one attached hydrogen (secondary N) is 1. The highest BCUT2D eigenvalue weighted by atomic mass is 79.9. The van der Waals surface area contributed by atoms with Crippen molar-refractivity contribution in [1.29, 1.82) is 0 Å². The Labute approximate surface area is 134 Å². The zero-order valence-electron chi connectivity index (χ0n) is 12.0. The molecule has 0 amide bonds. The van der Waals surface area contributed by atoms with Crippen LogP contribution in [0.25, 0.3) is 0 Å². The molecule has 0 saturated heterocycles. The molecule has 4 rings (SSSR count). The summed E-state index contributed by atoms with van der Waals surface area (Å²) in [6.45, 7) is 2.17. The van der Waals surface area contributed by atoms with E-state index < -0.39 is 0 Å². The van der Waals surface area contributed by atoms with Crippen LogP contribution in [0, 0.1) is 12.8 Å². The standard InChI is InChI=1S/C19H18BrN/c1-12-9-10-18-16(11-12)13-6-4-7-14(13)19(21-18)15-5-2-3-8-17(15)20/h2-6,8-11,13-14,19,21H,7H2,1H3/t13-,14+,19-/m0/s1. The quantitative estimate of drug-likeness (QED) is 0.668. The molecule has 0 spiro atoms. The SMILES string of the molecule is Cc1ccc2c(c1)[C@H]1C=CC[C@H]1[C@@H](c1ccccc1Br)N2. The van der Waals surface area contributed by atoms with Gasteiger partial charge in [0, 0.05) is 16.1 Å². The third-order valence-corrected chi connectivity index (χ3v) is 5.48. The molecule has 1 heterocycles. The Morgan fingerprint density at radius 1 is 1.10 bits per heavy atom. The van der Waals surface area contributed by atoms with E-state index in [9.17, 15) is 0 Å². The van der Waals surface area contributed by atoms with E-state index in [0.29, 0.717) is 17.9 Å². The summed E-state index contributed by atoms with van der Waals surface area (Å²) in [5.74, 6) is 1.15. The minimum absolute atomic E-state index is 0.371. The van der Waals surface area contributed by atoms with Crippen LogP contribution < -0.4 is 5.32 Å². The molecular weight excluding hydrogens is 322 g/mol. The second-order valence-corrected chi connectivity index (χ2v) is 6.94. The van der Waals surface area contributed by atoms with E-state index in [1.807, 2.05) is 0 Å². The van der Waals surface area contributed by atoms with Gasteiger partial charge in [0.2, 0.25) is 0 Å².